The summed E-state index contributed by atoms with van der Waals surface area (Å²) < 4.78 is 29.0. The van der Waals surface area contributed by atoms with Crippen LogP contribution in [0.15, 0.2) is 47.4 Å². The average Bonchev–Trinajstić information content (AvgIpc) is 2.39. The Morgan fingerprint density at radius 2 is 2.12 bits per heavy atom. The summed E-state index contributed by atoms with van der Waals surface area (Å²) in [5.74, 6) is 0.541. The summed E-state index contributed by atoms with van der Waals surface area (Å²) in [7, 11) is 0. The van der Waals surface area contributed by atoms with Gasteiger partial charge in [0.15, 0.2) is 0 Å². The lowest BCUT2D eigenvalue weighted by molar-refractivity contribution is 0.339. The highest BCUT2D eigenvalue weighted by molar-refractivity contribution is 5.46. The molecule has 0 aliphatic heterocycles. The van der Waals surface area contributed by atoms with Crippen LogP contribution in [0.25, 0.3) is 5.69 Å². The van der Waals surface area contributed by atoms with Gasteiger partial charge in [-0.05, 0) is 31.5 Å². The molecule has 0 unspecified atom stereocenters. The summed E-state index contributed by atoms with van der Waals surface area (Å²) in [6.45, 7) is 0.0547. The van der Waals surface area contributed by atoms with Crippen LogP contribution in [0, 0.1) is 6.85 Å². The van der Waals surface area contributed by atoms with Crippen LogP contribution >= 0.6 is 0 Å². The molecule has 3 heteroatoms. The molecule has 0 saturated heterocycles. The van der Waals surface area contributed by atoms with E-state index < -0.39 is 6.85 Å². The van der Waals surface area contributed by atoms with Crippen molar-refractivity contribution in [3.05, 3.63) is 58.5 Å². The van der Waals surface area contributed by atoms with Crippen molar-refractivity contribution in [2.75, 3.05) is 6.61 Å². The molecule has 0 N–H and O–H groups in total. The molecule has 3 nitrogen and oxygen atoms in total. The van der Waals surface area contributed by atoms with E-state index in [0.29, 0.717) is 18.0 Å². The third kappa shape index (κ3) is 2.38. The van der Waals surface area contributed by atoms with E-state index in [-0.39, 0.29) is 11.1 Å². The zero-order chi connectivity index (χ0) is 14.8. The first-order valence-electron chi connectivity index (χ1n) is 6.89. The number of aryl methyl sites for hydroxylation is 1. The van der Waals surface area contributed by atoms with Crippen LogP contribution in [0.3, 0.4) is 0 Å². The standard InChI is InChI=1S/C14H15NO2/c1-3-17-13-7-5-4-6-12(13)15-10-11(2)8-9-14(15)16/h4-10H,3H2,1-2H3/i2D3. The van der Waals surface area contributed by atoms with Crippen molar-refractivity contribution in [3.8, 4) is 11.4 Å². The number of aromatic nitrogens is 1. The number of ether oxygens (including phenoxy) is 1. The lowest BCUT2D eigenvalue weighted by atomic mass is 10.2. The van der Waals surface area contributed by atoms with Crippen molar-refractivity contribution < 1.29 is 8.85 Å². The first kappa shape index (κ1) is 8.12. The number of benzene rings is 1. The molecule has 0 spiro atoms. The van der Waals surface area contributed by atoms with Crippen molar-refractivity contribution in [1.29, 1.82) is 0 Å². The molecule has 17 heavy (non-hydrogen) atoms. The van der Waals surface area contributed by atoms with Crippen molar-refractivity contribution in [2.45, 2.75) is 13.8 Å². The maximum absolute atomic E-state index is 12.0. The van der Waals surface area contributed by atoms with Gasteiger partial charge < -0.3 is 4.74 Å². The molecule has 1 aromatic heterocycles. The van der Waals surface area contributed by atoms with E-state index in [9.17, 15) is 4.79 Å². The van der Waals surface area contributed by atoms with Gasteiger partial charge >= 0.3 is 0 Å². The second-order valence-electron chi connectivity index (χ2n) is 3.53. The molecule has 0 aliphatic carbocycles. The molecular weight excluding hydrogens is 214 g/mol. The van der Waals surface area contributed by atoms with E-state index in [1.165, 1.54) is 22.9 Å². The van der Waals surface area contributed by atoms with Crippen LogP contribution in [0.5, 0.6) is 5.75 Å². The quantitative estimate of drug-likeness (QED) is 0.814. The van der Waals surface area contributed by atoms with Gasteiger partial charge in [0.1, 0.15) is 5.75 Å². The Hall–Kier alpha value is -2.03. The summed E-state index contributed by atoms with van der Waals surface area (Å²) in [6.07, 6.45) is 1.34. The predicted octanol–water partition coefficient (Wildman–Crippen LogP) is 2.54. The van der Waals surface area contributed by atoms with Crippen LogP contribution < -0.4 is 10.3 Å². The van der Waals surface area contributed by atoms with E-state index in [1.807, 2.05) is 6.92 Å². The molecule has 0 bridgehead atoms. The van der Waals surface area contributed by atoms with E-state index in [1.54, 1.807) is 24.3 Å². The number of hydrogen-bond donors (Lipinski definition) is 0. The highest BCUT2D eigenvalue weighted by atomic mass is 16.5. The van der Waals surface area contributed by atoms with Gasteiger partial charge in [-0.25, -0.2) is 0 Å². The van der Waals surface area contributed by atoms with Crippen LogP contribution in [0.4, 0.5) is 0 Å². The zero-order valence-electron chi connectivity index (χ0n) is 12.5. The molecule has 1 heterocycles. The topological polar surface area (TPSA) is 31.2 Å². The summed E-state index contributed by atoms with van der Waals surface area (Å²) in [5.41, 5.74) is 0.346. The van der Waals surface area contributed by atoms with Gasteiger partial charge in [0.05, 0.1) is 12.3 Å². The fourth-order valence-corrected chi connectivity index (χ4v) is 1.61. The van der Waals surface area contributed by atoms with Crippen LogP contribution in [0.1, 0.15) is 16.6 Å². The first-order valence-corrected chi connectivity index (χ1v) is 5.39. The third-order valence-corrected chi connectivity index (χ3v) is 2.34. The number of rotatable bonds is 3. The summed E-state index contributed by atoms with van der Waals surface area (Å²) in [5, 5.41) is 0. The lowest BCUT2D eigenvalue weighted by Crippen LogP contribution is -2.17. The van der Waals surface area contributed by atoms with Gasteiger partial charge in [0.2, 0.25) is 0 Å². The minimum atomic E-state index is -2.25. The van der Waals surface area contributed by atoms with Gasteiger partial charge in [-0.2, -0.15) is 0 Å². The van der Waals surface area contributed by atoms with Crippen molar-refractivity contribution in [1.82, 2.24) is 4.57 Å². The average molecular weight is 232 g/mol. The molecule has 88 valence electrons. The number of nitrogens with zero attached hydrogens (tertiary/aromatic N) is 1. The fourth-order valence-electron chi connectivity index (χ4n) is 1.61. The van der Waals surface area contributed by atoms with Gasteiger partial charge in [-0.1, -0.05) is 18.2 Å². The third-order valence-electron chi connectivity index (χ3n) is 2.34. The van der Waals surface area contributed by atoms with Crippen molar-refractivity contribution in [2.24, 2.45) is 0 Å². The Morgan fingerprint density at radius 3 is 2.88 bits per heavy atom. The summed E-state index contributed by atoms with van der Waals surface area (Å²) in [6, 6.07) is 9.61. The predicted molar refractivity (Wildman–Crippen MR) is 67.9 cm³/mol. The van der Waals surface area contributed by atoms with Gasteiger partial charge in [-0.3, -0.25) is 9.36 Å². The van der Waals surface area contributed by atoms with E-state index in [0.717, 1.165) is 0 Å². The minimum Gasteiger partial charge on any atom is -0.492 e. The highest BCUT2D eigenvalue weighted by Gasteiger charge is 2.06. The second kappa shape index (κ2) is 4.87. The maximum atomic E-state index is 12.0. The van der Waals surface area contributed by atoms with Crippen LogP contribution in [-0.4, -0.2) is 11.2 Å². The fraction of sp³-hybridized carbons (Fsp3) is 0.214. The Kier molecular flexibility index (Phi) is 2.33. The lowest BCUT2D eigenvalue weighted by Gasteiger charge is -2.12. The largest absolute Gasteiger partial charge is 0.492 e. The molecule has 2 rings (SSSR count). The molecule has 0 radical (unpaired) electrons. The Balaban J connectivity index is 2.61. The van der Waals surface area contributed by atoms with E-state index in [2.05, 4.69) is 0 Å². The summed E-state index contributed by atoms with van der Waals surface area (Å²) in [4.78, 5) is 12.0. The van der Waals surface area contributed by atoms with Gasteiger partial charge in [0, 0.05) is 16.4 Å². The maximum Gasteiger partial charge on any atom is 0.255 e. The smallest absolute Gasteiger partial charge is 0.255 e. The first-order chi connectivity index (χ1) is 9.43. The normalized spacial score (nSPS) is 13.6. The zero-order valence-corrected chi connectivity index (χ0v) is 9.51. The number of para-hydroxylation sites is 2. The van der Waals surface area contributed by atoms with Crippen molar-refractivity contribution in [3.63, 3.8) is 0 Å². The Morgan fingerprint density at radius 1 is 1.29 bits per heavy atom. The van der Waals surface area contributed by atoms with Crippen LogP contribution in [-0.2, 0) is 0 Å². The van der Waals surface area contributed by atoms with Gasteiger partial charge in [0.25, 0.3) is 5.56 Å². The van der Waals surface area contributed by atoms with Crippen molar-refractivity contribution >= 4 is 0 Å². The van der Waals surface area contributed by atoms with E-state index >= 15 is 0 Å². The molecule has 2 aromatic rings. The number of pyridine rings is 1. The Bertz CT molecular complexity index is 662. The number of hydrogen-bond acceptors (Lipinski definition) is 2. The molecule has 0 atom stereocenters. The SMILES string of the molecule is [2H]C([2H])([2H])c1ccc(=O)n(-c2ccccc2OCC)c1. The van der Waals surface area contributed by atoms with Gasteiger partial charge in [-0.15, -0.1) is 0 Å². The molecule has 0 fully saturated rings. The molecule has 1 aromatic carbocycles. The molecular formula is C14H15NO2. The summed E-state index contributed by atoms with van der Waals surface area (Å²) >= 11 is 0. The monoisotopic (exact) mass is 232 g/mol. The second-order valence-corrected chi connectivity index (χ2v) is 3.53. The Labute approximate surface area is 105 Å². The van der Waals surface area contributed by atoms with E-state index in [4.69, 9.17) is 8.85 Å². The molecule has 0 amide bonds. The van der Waals surface area contributed by atoms with Crippen LogP contribution in [0.2, 0.25) is 0 Å². The molecule has 0 saturated carbocycles. The highest BCUT2D eigenvalue weighted by Crippen LogP contribution is 2.21. The molecule has 0 aliphatic rings. The minimum absolute atomic E-state index is 0.114.